The van der Waals surface area contributed by atoms with Crippen LogP contribution in [0.25, 0.3) is 0 Å². The Bertz CT molecular complexity index is 773. The van der Waals surface area contributed by atoms with Crippen molar-refractivity contribution in [2.24, 2.45) is 11.8 Å². The van der Waals surface area contributed by atoms with Gasteiger partial charge in [-0.25, -0.2) is 8.42 Å². The first-order valence-electron chi connectivity index (χ1n) is 9.44. The zero-order chi connectivity index (χ0) is 19.4. The lowest BCUT2D eigenvalue weighted by molar-refractivity contribution is -0.132. The fourth-order valence-corrected chi connectivity index (χ4v) is 4.88. The summed E-state index contributed by atoms with van der Waals surface area (Å²) in [5.74, 6) is 0.532. The summed E-state index contributed by atoms with van der Waals surface area (Å²) in [6, 6.07) is 9.10. The molecule has 27 heavy (non-hydrogen) atoms. The van der Waals surface area contributed by atoms with E-state index in [2.05, 4.69) is 5.32 Å². The smallest absolute Gasteiger partial charge is 0.224 e. The molecule has 2 amide bonds. The van der Waals surface area contributed by atoms with Crippen molar-refractivity contribution in [2.45, 2.75) is 25.5 Å². The predicted octanol–water partition coefficient (Wildman–Crippen LogP) is 0.823. The van der Waals surface area contributed by atoms with Gasteiger partial charge >= 0.3 is 0 Å². The van der Waals surface area contributed by atoms with Gasteiger partial charge in [-0.3, -0.25) is 9.59 Å². The van der Waals surface area contributed by atoms with Crippen molar-refractivity contribution in [3.63, 3.8) is 0 Å². The van der Waals surface area contributed by atoms with Crippen molar-refractivity contribution in [3.05, 3.63) is 35.9 Å². The lowest BCUT2D eigenvalue weighted by atomic mass is 10.2. The van der Waals surface area contributed by atoms with Crippen LogP contribution in [-0.4, -0.2) is 62.2 Å². The minimum absolute atomic E-state index is 0.0204. The van der Waals surface area contributed by atoms with E-state index in [0.29, 0.717) is 38.6 Å². The summed E-state index contributed by atoms with van der Waals surface area (Å²) < 4.78 is 26.6. The number of carbonyl (C=O) groups excluding carboxylic acids is 2. The Kier molecular flexibility index (Phi) is 6.16. The molecule has 0 aromatic heterocycles. The Morgan fingerprint density at radius 1 is 1.11 bits per heavy atom. The van der Waals surface area contributed by atoms with Crippen molar-refractivity contribution in [3.8, 4) is 0 Å². The summed E-state index contributed by atoms with van der Waals surface area (Å²) in [6.45, 7) is 3.79. The van der Waals surface area contributed by atoms with Crippen LogP contribution in [0.1, 0.15) is 25.3 Å². The Labute approximate surface area is 160 Å². The molecule has 0 spiro atoms. The molecule has 0 bridgehead atoms. The van der Waals surface area contributed by atoms with Gasteiger partial charge in [0.15, 0.2) is 0 Å². The second kappa shape index (κ2) is 8.39. The lowest BCUT2D eigenvalue weighted by Gasteiger charge is -2.34. The SMILES string of the molecule is CC1CC1C(=O)NCCC(=O)N1CCN(S(=O)(=O)Cc2ccccc2)CC1. The Morgan fingerprint density at radius 2 is 1.74 bits per heavy atom. The minimum Gasteiger partial charge on any atom is -0.355 e. The average molecular weight is 394 g/mol. The Hall–Kier alpha value is -1.93. The van der Waals surface area contributed by atoms with Gasteiger partial charge in [0.25, 0.3) is 0 Å². The van der Waals surface area contributed by atoms with Gasteiger partial charge in [0.05, 0.1) is 5.75 Å². The fraction of sp³-hybridized carbons (Fsp3) is 0.579. The summed E-state index contributed by atoms with van der Waals surface area (Å²) in [4.78, 5) is 25.7. The third-order valence-corrected chi connectivity index (χ3v) is 7.11. The molecule has 3 rings (SSSR count). The van der Waals surface area contributed by atoms with Crippen molar-refractivity contribution in [1.29, 1.82) is 0 Å². The third-order valence-electron chi connectivity index (χ3n) is 5.26. The van der Waals surface area contributed by atoms with Gasteiger partial charge in [-0.2, -0.15) is 4.31 Å². The number of amides is 2. The summed E-state index contributed by atoms with van der Waals surface area (Å²) in [7, 11) is -3.38. The summed E-state index contributed by atoms with van der Waals surface area (Å²) in [5.41, 5.74) is 0.761. The van der Waals surface area contributed by atoms with Crippen LogP contribution in [0.4, 0.5) is 0 Å². The van der Waals surface area contributed by atoms with E-state index in [1.807, 2.05) is 25.1 Å². The zero-order valence-corrected chi connectivity index (χ0v) is 16.5. The van der Waals surface area contributed by atoms with E-state index in [9.17, 15) is 18.0 Å². The Balaban J connectivity index is 1.41. The number of benzene rings is 1. The fourth-order valence-electron chi connectivity index (χ4n) is 3.36. The number of nitrogens with one attached hydrogen (secondary N) is 1. The zero-order valence-electron chi connectivity index (χ0n) is 15.6. The molecule has 1 saturated carbocycles. The second-order valence-corrected chi connectivity index (χ2v) is 9.35. The van der Waals surface area contributed by atoms with E-state index in [1.165, 1.54) is 4.31 Å². The van der Waals surface area contributed by atoms with E-state index in [1.54, 1.807) is 17.0 Å². The van der Waals surface area contributed by atoms with Crippen LogP contribution in [0.5, 0.6) is 0 Å². The molecular weight excluding hydrogens is 366 g/mol. The number of sulfonamides is 1. The normalized spacial score (nSPS) is 23.1. The largest absolute Gasteiger partial charge is 0.355 e. The molecule has 148 valence electrons. The topological polar surface area (TPSA) is 86.8 Å². The number of hydrogen-bond acceptors (Lipinski definition) is 4. The number of hydrogen-bond donors (Lipinski definition) is 1. The highest BCUT2D eigenvalue weighted by Crippen LogP contribution is 2.37. The molecule has 7 nitrogen and oxygen atoms in total. The molecule has 2 fully saturated rings. The number of carbonyl (C=O) groups is 2. The molecule has 2 atom stereocenters. The van der Waals surface area contributed by atoms with E-state index in [0.717, 1.165) is 12.0 Å². The van der Waals surface area contributed by atoms with Crippen molar-refractivity contribution >= 4 is 21.8 Å². The van der Waals surface area contributed by atoms with E-state index in [4.69, 9.17) is 0 Å². The molecule has 1 N–H and O–H groups in total. The molecule has 1 saturated heterocycles. The number of rotatable bonds is 7. The lowest BCUT2D eigenvalue weighted by Crippen LogP contribution is -2.51. The predicted molar refractivity (Wildman–Crippen MR) is 102 cm³/mol. The van der Waals surface area contributed by atoms with Gasteiger partial charge in [0.2, 0.25) is 21.8 Å². The van der Waals surface area contributed by atoms with Crippen LogP contribution in [0, 0.1) is 11.8 Å². The van der Waals surface area contributed by atoms with E-state index < -0.39 is 10.0 Å². The van der Waals surface area contributed by atoms with Crippen molar-refractivity contribution in [2.75, 3.05) is 32.7 Å². The molecule has 2 aliphatic rings. The van der Waals surface area contributed by atoms with Gasteiger partial charge in [-0.1, -0.05) is 37.3 Å². The highest BCUT2D eigenvalue weighted by Gasteiger charge is 2.38. The molecule has 1 aliphatic heterocycles. The maximum Gasteiger partial charge on any atom is 0.224 e. The maximum absolute atomic E-state index is 12.5. The van der Waals surface area contributed by atoms with E-state index in [-0.39, 0.29) is 29.9 Å². The first-order valence-corrected chi connectivity index (χ1v) is 11.0. The highest BCUT2D eigenvalue weighted by molar-refractivity contribution is 7.88. The molecule has 1 aromatic carbocycles. The Morgan fingerprint density at radius 3 is 2.33 bits per heavy atom. The summed E-state index contributed by atoms with van der Waals surface area (Å²) in [5, 5.41) is 2.81. The van der Waals surface area contributed by atoms with Crippen molar-refractivity contribution < 1.29 is 18.0 Å². The van der Waals surface area contributed by atoms with E-state index >= 15 is 0 Å². The second-order valence-electron chi connectivity index (χ2n) is 7.38. The van der Waals surface area contributed by atoms with Crippen LogP contribution >= 0.6 is 0 Å². The van der Waals surface area contributed by atoms with Crippen LogP contribution in [0.15, 0.2) is 30.3 Å². The first kappa shape index (κ1) is 19.8. The third kappa shape index (κ3) is 5.29. The van der Waals surface area contributed by atoms with Crippen LogP contribution < -0.4 is 5.32 Å². The molecule has 0 radical (unpaired) electrons. The molecular formula is C19H27N3O4S. The number of piperazine rings is 1. The maximum atomic E-state index is 12.5. The first-order chi connectivity index (χ1) is 12.9. The summed E-state index contributed by atoms with van der Waals surface area (Å²) in [6.07, 6.45) is 1.18. The van der Waals surface area contributed by atoms with Gasteiger partial charge in [0, 0.05) is 45.1 Å². The summed E-state index contributed by atoms with van der Waals surface area (Å²) >= 11 is 0. The average Bonchev–Trinajstić information content (AvgIpc) is 3.39. The molecule has 1 aliphatic carbocycles. The van der Waals surface area contributed by atoms with Gasteiger partial charge in [-0.15, -0.1) is 0 Å². The van der Waals surface area contributed by atoms with Gasteiger partial charge in [-0.05, 0) is 17.9 Å². The quantitative estimate of drug-likeness (QED) is 0.743. The molecule has 1 aromatic rings. The molecule has 2 unspecified atom stereocenters. The minimum atomic E-state index is -3.38. The molecule has 8 heteroatoms. The van der Waals surface area contributed by atoms with Crippen LogP contribution in [0.3, 0.4) is 0 Å². The monoisotopic (exact) mass is 393 g/mol. The van der Waals surface area contributed by atoms with Crippen LogP contribution in [0.2, 0.25) is 0 Å². The number of nitrogens with zero attached hydrogens (tertiary/aromatic N) is 2. The van der Waals surface area contributed by atoms with Crippen LogP contribution in [-0.2, 0) is 25.4 Å². The van der Waals surface area contributed by atoms with Gasteiger partial charge in [0.1, 0.15) is 0 Å². The molecule has 1 heterocycles. The van der Waals surface area contributed by atoms with Gasteiger partial charge < -0.3 is 10.2 Å². The van der Waals surface area contributed by atoms with Crippen molar-refractivity contribution in [1.82, 2.24) is 14.5 Å². The standard InChI is InChI=1S/C19H27N3O4S/c1-15-13-17(15)19(24)20-8-7-18(23)21-9-11-22(12-10-21)27(25,26)14-16-5-3-2-4-6-16/h2-6,15,17H,7-14H2,1H3,(H,20,24). The highest BCUT2D eigenvalue weighted by atomic mass is 32.2.